The van der Waals surface area contributed by atoms with E-state index in [4.69, 9.17) is 9.94 Å². The number of ether oxygens (including phenoxy) is 1. The summed E-state index contributed by atoms with van der Waals surface area (Å²) in [6.07, 6.45) is 9.00. The van der Waals surface area contributed by atoms with Gasteiger partial charge in [-0.25, -0.2) is 10.3 Å². The number of nitrogens with one attached hydrogen (secondary N) is 1. The second-order valence-electron chi connectivity index (χ2n) is 9.86. The van der Waals surface area contributed by atoms with Crippen molar-refractivity contribution in [2.75, 3.05) is 24.5 Å². The number of urea groups is 1. The highest BCUT2D eigenvalue weighted by molar-refractivity contribution is 5.92. The van der Waals surface area contributed by atoms with Gasteiger partial charge in [0.25, 0.3) is 0 Å². The first kappa shape index (κ1) is 25.9. The summed E-state index contributed by atoms with van der Waals surface area (Å²) in [7, 11) is 0. The Morgan fingerprint density at radius 3 is 2.42 bits per heavy atom. The molecule has 1 aliphatic carbocycles. The number of rotatable bonds is 9. The van der Waals surface area contributed by atoms with Crippen molar-refractivity contribution in [1.29, 1.82) is 0 Å². The van der Waals surface area contributed by atoms with Crippen LogP contribution in [0.1, 0.15) is 57.1 Å². The highest BCUT2D eigenvalue weighted by Crippen LogP contribution is 2.29. The molecular formula is C29H37N3O4. The van der Waals surface area contributed by atoms with Gasteiger partial charge < -0.3 is 9.64 Å². The topological polar surface area (TPSA) is 82.1 Å². The lowest BCUT2D eigenvalue weighted by Gasteiger charge is -2.38. The molecule has 2 aromatic carbocycles. The van der Waals surface area contributed by atoms with Crippen molar-refractivity contribution in [2.24, 2.45) is 0 Å². The molecule has 2 atom stereocenters. The third-order valence-electron chi connectivity index (χ3n) is 6.87. The summed E-state index contributed by atoms with van der Waals surface area (Å²) in [5, 5.41) is 8.63. The summed E-state index contributed by atoms with van der Waals surface area (Å²) in [5.74, 6) is -0.359. The molecule has 2 aromatic rings. The molecule has 2 N–H and O–H groups in total. The molecule has 0 aromatic heterocycles. The van der Waals surface area contributed by atoms with Crippen LogP contribution in [0.25, 0.3) is 17.2 Å². The van der Waals surface area contributed by atoms with Gasteiger partial charge >= 0.3 is 6.03 Å². The molecule has 0 radical (unpaired) electrons. The number of morpholine rings is 1. The number of allylic oxidation sites excluding steroid dienone is 1. The van der Waals surface area contributed by atoms with E-state index in [0.29, 0.717) is 32.5 Å². The number of fused-ring (bicyclic) bond motifs is 1. The summed E-state index contributed by atoms with van der Waals surface area (Å²) in [6.45, 7) is 5.77. The van der Waals surface area contributed by atoms with Gasteiger partial charge in [0.1, 0.15) is 0 Å². The van der Waals surface area contributed by atoms with E-state index in [1.54, 1.807) is 5.48 Å². The Balaban J connectivity index is 1.45. The molecule has 0 spiro atoms. The molecule has 7 heteroatoms. The molecule has 192 valence electrons. The van der Waals surface area contributed by atoms with Crippen LogP contribution in [0.3, 0.4) is 0 Å². The minimum atomic E-state index is -0.359. The monoisotopic (exact) mass is 491 g/mol. The summed E-state index contributed by atoms with van der Waals surface area (Å²) >= 11 is 0. The van der Waals surface area contributed by atoms with Gasteiger partial charge in [-0.1, -0.05) is 49.3 Å². The number of hydrogen-bond donors (Lipinski definition) is 2. The predicted molar refractivity (Wildman–Crippen MR) is 142 cm³/mol. The van der Waals surface area contributed by atoms with E-state index in [1.165, 1.54) is 16.7 Å². The smallest absolute Gasteiger partial charge is 0.324 e. The van der Waals surface area contributed by atoms with Gasteiger partial charge in [0, 0.05) is 31.7 Å². The van der Waals surface area contributed by atoms with Gasteiger partial charge in [-0.3, -0.25) is 14.9 Å². The Morgan fingerprint density at radius 1 is 1.00 bits per heavy atom. The first-order valence-electron chi connectivity index (χ1n) is 13.0. The second-order valence-corrected chi connectivity index (χ2v) is 9.86. The van der Waals surface area contributed by atoms with E-state index < -0.39 is 0 Å². The zero-order valence-electron chi connectivity index (χ0n) is 21.3. The molecule has 7 nitrogen and oxygen atoms in total. The largest absolute Gasteiger partial charge is 0.372 e. The number of amides is 3. The average molecular weight is 492 g/mol. The maximum atomic E-state index is 13.6. The number of hydrogen-bond acceptors (Lipinski definition) is 4. The van der Waals surface area contributed by atoms with Gasteiger partial charge in [0.15, 0.2) is 0 Å². The van der Waals surface area contributed by atoms with E-state index in [0.717, 1.165) is 36.9 Å². The van der Waals surface area contributed by atoms with Gasteiger partial charge in [0.2, 0.25) is 5.91 Å². The van der Waals surface area contributed by atoms with Crippen LogP contribution in [-0.4, -0.2) is 53.9 Å². The van der Waals surface area contributed by atoms with Crippen molar-refractivity contribution in [3.05, 3.63) is 59.7 Å². The molecular weight excluding hydrogens is 454 g/mol. The fourth-order valence-corrected chi connectivity index (χ4v) is 5.07. The number of carbonyl (C=O) groups is 2. The molecule has 4 rings (SSSR count). The zero-order valence-corrected chi connectivity index (χ0v) is 21.3. The SMILES string of the molecule is CC1CN(C(=O)N(CCCCCCC(=O)NO)c2ccc(-c3ccc4c(c3)C=CC4)cc2)CC(C)O1. The standard InChI is InChI=1S/C29H37N3O4/c1-21-19-31(20-22(2)36-21)29(34)32(17-6-4-3-5-10-28(33)30-35)27-15-13-24(14-16-27)26-12-11-23-8-7-9-25(23)18-26/h7,9,11-16,18,21-22,35H,3-6,8,10,17,19-20H2,1-2H3,(H,30,33). The molecule has 0 bridgehead atoms. The van der Waals surface area contributed by atoms with Crippen molar-refractivity contribution in [2.45, 2.75) is 64.6 Å². The third-order valence-corrected chi connectivity index (χ3v) is 6.87. The molecule has 1 heterocycles. The molecule has 2 aliphatic rings. The van der Waals surface area contributed by atoms with Crippen LogP contribution in [0.15, 0.2) is 48.5 Å². The van der Waals surface area contributed by atoms with Crippen LogP contribution in [0, 0.1) is 0 Å². The molecule has 1 fully saturated rings. The van der Waals surface area contributed by atoms with Gasteiger partial charge in [-0.05, 0) is 73.6 Å². The van der Waals surface area contributed by atoms with Crippen molar-refractivity contribution in [1.82, 2.24) is 10.4 Å². The van der Waals surface area contributed by atoms with Crippen LogP contribution in [0.5, 0.6) is 0 Å². The van der Waals surface area contributed by atoms with Gasteiger partial charge in [-0.15, -0.1) is 0 Å². The second kappa shape index (κ2) is 12.2. The summed E-state index contributed by atoms with van der Waals surface area (Å²) in [5.41, 5.74) is 7.50. The Hall–Kier alpha value is -3.16. The van der Waals surface area contributed by atoms with Crippen molar-refractivity contribution >= 4 is 23.7 Å². The zero-order chi connectivity index (χ0) is 25.5. The van der Waals surface area contributed by atoms with E-state index in [-0.39, 0.29) is 24.1 Å². The maximum absolute atomic E-state index is 13.6. The quantitative estimate of drug-likeness (QED) is 0.279. The van der Waals surface area contributed by atoms with Crippen LogP contribution in [0.4, 0.5) is 10.5 Å². The minimum Gasteiger partial charge on any atom is -0.372 e. The lowest BCUT2D eigenvalue weighted by atomic mass is 10.00. The number of benzene rings is 2. The normalized spacial score (nSPS) is 18.7. The molecule has 36 heavy (non-hydrogen) atoms. The Bertz CT molecular complexity index is 1070. The number of nitrogens with zero attached hydrogens (tertiary/aromatic N) is 2. The van der Waals surface area contributed by atoms with Gasteiger partial charge in [0.05, 0.1) is 12.2 Å². The van der Waals surface area contributed by atoms with E-state index in [9.17, 15) is 9.59 Å². The van der Waals surface area contributed by atoms with Gasteiger partial charge in [-0.2, -0.15) is 0 Å². The third kappa shape index (κ3) is 6.53. The van der Waals surface area contributed by atoms with Crippen molar-refractivity contribution in [3.63, 3.8) is 0 Å². The number of carbonyl (C=O) groups excluding carboxylic acids is 2. The summed E-state index contributed by atoms with van der Waals surface area (Å²) < 4.78 is 5.83. The molecule has 1 saturated heterocycles. The highest BCUT2D eigenvalue weighted by atomic mass is 16.5. The molecule has 2 unspecified atom stereocenters. The van der Waals surface area contributed by atoms with Crippen LogP contribution in [-0.2, 0) is 16.0 Å². The van der Waals surface area contributed by atoms with E-state index in [1.807, 2.05) is 35.8 Å². The van der Waals surface area contributed by atoms with Crippen LogP contribution >= 0.6 is 0 Å². The highest BCUT2D eigenvalue weighted by Gasteiger charge is 2.29. The fourth-order valence-electron chi connectivity index (χ4n) is 5.07. The van der Waals surface area contributed by atoms with Crippen molar-refractivity contribution in [3.8, 4) is 11.1 Å². The lowest BCUT2D eigenvalue weighted by Crippen LogP contribution is -2.53. The van der Waals surface area contributed by atoms with Crippen LogP contribution < -0.4 is 10.4 Å². The summed E-state index contributed by atoms with van der Waals surface area (Å²) in [6, 6.07) is 14.8. The molecule has 1 aliphatic heterocycles. The average Bonchev–Trinajstić information content (AvgIpc) is 3.35. The number of anilines is 1. The van der Waals surface area contributed by atoms with Crippen molar-refractivity contribution < 1.29 is 19.5 Å². The maximum Gasteiger partial charge on any atom is 0.324 e. The van der Waals surface area contributed by atoms with E-state index >= 15 is 0 Å². The predicted octanol–water partition coefficient (Wildman–Crippen LogP) is 5.41. The fraction of sp³-hybridized carbons (Fsp3) is 0.448. The number of unbranched alkanes of at least 4 members (excludes halogenated alkanes) is 3. The Labute approximate surface area is 213 Å². The molecule has 0 saturated carbocycles. The summed E-state index contributed by atoms with van der Waals surface area (Å²) in [4.78, 5) is 28.6. The first-order valence-corrected chi connectivity index (χ1v) is 13.0. The minimum absolute atomic E-state index is 0.00655. The van der Waals surface area contributed by atoms with Crippen LogP contribution in [0.2, 0.25) is 0 Å². The first-order chi connectivity index (χ1) is 17.4. The number of hydroxylamine groups is 1. The van der Waals surface area contributed by atoms with E-state index in [2.05, 4.69) is 42.5 Å². The Morgan fingerprint density at radius 2 is 1.69 bits per heavy atom. The Kier molecular flexibility index (Phi) is 8.78. The lowest BCUT2D eigenvalue weighted by molar-refractivity contribution is -0.129. The molecule has 3 amide bonds.